The molecule has 0 spiro atoms. The third-order valence-electron chi connectivity index (χ3n) is 2.23. The molecule has 15 heavy (non-hydrogen) atoms. The van der Waals surface area contributed by atoms with Gasteiger partial charge in [-0.05, 0) is 35.9 Å². The predicted molar refractivity (Wildman–Crippen MR) is 68.0 cm³/mol. The molecule has 0 heterocycles. The van der Waals surface area contributed by atoms with Crippen molar-refractivity contribution in [3.63, 3.8) is 0 Å². The first kappa shape index (κ1) is 9.93. The number of benzene rings is 2. The van der Waals surface area contributed by atoms with E-state index in [-0.39, 0.29) is 0 Å². The third kappa shape index (κ3) is 2.07. The van der Waals surface area contributed by atoms with Crippen LogP contribution in [0.25, 0.3) is 11.1 Å². The number of hydrogen-bond donors (Lipinski definition) is 3. The summed E-state index contributed by atoms with van der Waals surface area (Å²) in [5.41, 5.74) is 15.0. The summed E-state index contributed by atoms with van der Waals surface area (Å²) in [5, 5.41) is 0. The quantitative estimate of drug-likeness (QED) is 0.507. The van der Waals surface area contributed by atoms with Crippen molar-refractivity contribution in [2.45, 2.75) is 4.90 Å². The van der Waals surface area contributed by atoms with Gasteiger partial charge in [0.1, 0.15) is 0 Å². The Bertz CT molecular complexity index is 495. The zero-order valence-electron chi connectivity index (χ0n) is 8.14. The van der Waals surface area contributed by atoms with Gasteiger partial charge in [0.2, 0.25) is 0 Å². The summed E-state index contributed by atoms with van der Waals surface area (Å²) in [6, 6.07) is 13.3. The Hall–Kier alpha value is -1.61. The molecule has 0 aliphatic carbocycles. The van der Waals surface area contributed by atoms with Crippen molar-refractivity contribution in [2.75, 3.05) is 11.5 Å². The summed E-state index contributed by atoms with van der Waals surface area (Å²) in [5.74, 6) is 0. The van der Waals surface area contributed by atoms with Crippen molar-refractivity contribution in [2.24, 2.45) is 0 Å². The lowest BCUT2D eigenvalue weighted by molar-refractivity contribution is 1.47. The highest BCUT2D eigenvalue weighted by Crippen LogP contribution is 2.28. The number of hydrogen-bond acceptors (Lipinski definition) is 3. The maximum absolute atomic E-state index is 5.89. The van der Waals surface area contributed by atoms with Crippen molar-refractivity contribution in [3.8, 4) is 11.1 Å². The second kappa shape index (κ2) is 3.87. The summed E-state index contributed by atoms with van der Waals surface area (Å²) in [6.45, 7) is 0. The minimum absolute atomic E-state index is 0.712. The molecule has 0 fully saturated rings. The topological polar surface area (TPSA) is 52.0 Å². The fourth-order valence-corrected chi connectivity index (χ4v) is 1.72. The number of nitrogen functional groups attached to an aromatic ring is 2. The molecule has 0 bridgehead atoms. The van der Waals surface area contributed by atoms with E-state index >= 15 is 0 Å². The minimum Gasteiger partial charge on any atom is -0.399 e. The number of thiol groups is 1. The lowest BCUT2D eigenvalue weighted by Gasteiger charge is -2.07. The van der Waals surface area contributed by atoms with E-state index in [1.54, 1.807) is 6.07 Å². The van der Waals surface area contributed by atoms with Crippen LogP contribution in [0.3, 0.4) is 0 Å². The van der Waals surface area contributed by atoms with E-state index in [0.29, 0.717) is 5.69 Å². The van der Waals surface area contributed by atoms with Gasteiger partial charge in [-0.25, -0.2) is 0 Å². The van der Waals surface area contributed by atoms with Gasteiger partial charge in [-0.2, -0.15) is 0 Å². The molecular weight excluding hydrogens is 204 g/mol. The normalized spacial score (nSPS) is 10.2. The van der Waals surface area contributed by atoms with E-state index in [1.165, 1.54) is 0 Å². The van der Waals surface area contributed by atoms with Crippen LogP contribution < -0.4 is 11.5 Å². The molecule has 0 saturated carbocycles. The largest absolute Gasteiger partial charge is 0.399 e. The van der Waals surface area contributed by atoms with Crippen LogP contribution in [0, 0.1) is 0 Å². The first-order valence-electron chi connectivity index (χ1n) is 4.61. The van der Waals surface area contributed by atoms with Gasteiger partial charge in [-0.1, -0.05) is 12.1 Å². The molecule has 2 aromatic carbocycles. The van der Waals surface area contributed by atoms with Gasteiger partial charge in [-0.15, -0.1) is 12.6 Å². The van der Waals surface area contributed by atoms with Crippen molar-refractivity contribution >= 4 is 24.0 Å². The molecule has 0 aromatic heterocycles. The van der Waals surface area contributed by atoms with Crippen LogP contribution in [0.4, 0.5) is 11.4 Å². The van der Waals surface area contributed by atoms with Gasteiger partial charge in [0.05, 0.1) is 0 Å². The van der Waals surface area contributed by atoms with Crippen LogP contribution in [0.5, 0.6) is 0 Å². The molecule has 0 amide bonds. The van der Waals surface area contributed by atoms with E-state index < -0.39 is 0 Å². The van der Waals surface area contributed by atoms with Crippen LogP contribution in [0.1, 0.15) is 0 Å². The van der Waals surface area contributed by atoms with Crippen molar-refractivity contribution < 1.29 is 0 Å². The molecule has 0 unspecified atom stereocenters. The molecule has 2 aromatic rings. The minimum atomic E-state index is 0.712. The monoisotopic (exact) mass is 216 g/mol. The van der Waals surface area contributed by atoms with Crippen LogP contribution in [0.15, 0.2) is 47.4 Å². The van der Waals surface area contributed by atoms with Crippen molar-refractivity contribution in [1.29, 1.82) is 0 Å². The Balaban J connectivity index is 2.58. The Morgan fingerprint density at radius 2 is 1.73 bits per heavy atom. The first-order valence-corrected chi connectivity index (χ1v) is 5.06. The van der Waals surface area contributed by atoms with Crippen LogP contribution in [-0.4, -0.2) is 0 Å². The summed E-state index contributed by atoms with van der Waals surface area (Å²) < 4.78 is 0. The molecule has 2 rings (SSSR count). The second-order valence-electron chi connectivity index (χ2n) is 3.40. The van der Waals surface area contributed by atoms with Gasteiger partial charge in [0, 0.05) is 21.8 Å². The Morgan fingerprint density at radius 3 is 2.47 bits per heavy atom. The number of rotatable bonds is 1. The molecule has 2 nitrogen and oxygen atoms in total. The Morgan fingerprint density at radius 1 is 0.933 bits per heavy atom. The molecule has 4 N–H and O–H groups in total. The average molecular weight is 216 g/mol. The maximum Gasteiger partial charge on any atom is 0.0395 e. The highest BCUT2D eigenvalue weighted by atomic mass is 32.1. The lowest BCUT2D eigenvalue weighted by atomic mass is 10.0. The molecule has 0 atom stereocenters. The van der Waals surface area contributed by atoms with Crippen molar-refractivity contribution in [1.82, 2.24) is 0 Å². The van der Waals surface area contributed by atoms with Gasteiger partial charge in [0.15, 0.2) is 0 Å². The smallest absolute Gasteiger partial charge is 0.0395 e. The number of nitrogens with two attached hydrogens (primary N) is 2. The van der Waals surface area contributed by atoms with Gasteiger partial charge in [-0.3, -0.25) is 0 Å². The lowest BCUT2D eigenvalue weighted by Crippen LogP contribution is -1.92. The van der Waals surface area contributed by atoms with Gasteiger partial charge in [0.25, 0.3) is 0 Å². The molecule has 0 radical (unpaired) electrons. The molecule has 0 aliphatic rings. The zero-order valence-corrected chi connectivity index (χ0v) is 9.04. The summed E-state index contributed by atoms with van der Waals surface area (Å²) in [4.78, 5) is 0.911. The number of anilines is 2. The van der Waals surface area contributed by atoms with Gasteiger partial charge < -0.3 is 11.5 Å². The predicted octanol–water partition coefficient (Wildman–Crippen LogP) is 2.81. The van der Waals surface area contributed by atoms with E-state index in [2.05, 4.69) is 12.6 Å². The molecule has 76 valence electrons. The molecule has 0 aliphatic heterocycles. The Kier molecular flexibility index (Phi) is 2.56. The summed E-state index contributed by atoms with van der Waals surface area (Å²) in [6.07, 6.45) is 0. The standard InChI is InChI=1S/C12H12N2S/c13-9-4-5-12(14)11(7-9)8-2-1-3-10(15)6-8/h1-7,15H,13-14H2. The molecule has 0 saturated heterocycles. The second-order valence-corrected chi connectivity index (χ2v) is 3.91. The van der Waals surface area contributed by atoms with Crippen LogP contribution >= 0.6 is 12.6 Å². The average Bonchev–Trinajstić information content (AvgIpc) is 2.22. The highest BCUT2D eigenvalue weighted by molar-refractivity contribution is 7.80. The Labute approximate surface area is 94.3 Å². The van der Waals surface area contributed by atoms with Gasteiger partial charge >= 0.3 is 0 Å². The van der Waals surface area contributed by atoms with E-state index in [0.717, 1.165) is 21.7 Å². The first-order chi connectivity index (χ1) is 7.16. The molecular formula is C12H12N2S. The third-order valence-corrected chi connectivity index (χ3v) is 2.51. The SMILES string of the molecule is Nc1ccc(N)c(-c2cccc(S)c2)c1. The van der Waals surface area contributed by atoms with E-state index in [4.69, 9.17) is 11.5 Å². The fraction of sp³-hybridized carbons (Fsp3) is 0. The zero-order chi connectivity index (χ0) is 10.8. The maximum atomic E-state index is 5.89. The fourth-order valence-electron chi connectivity index (χ4n) is 1.50. The molecule has 3 heteroatoms. The van der Waals surface area contributed by atoms with Crippen molar-refractivity contribution in [3.05, 3.63) is 42.5 Å². The highest BCUT2D eigenvalue weighted by Gasteiger charge is 2.02. The van der Waals surface area contributed by atoms with Crippen LogP contribution in [0.2, 0.25) is 0 Å². The van der Waals surface area contributed by atoms with Crippen LogP contribution in [-0.2, 0) is 0 Å². The summed E-state index contributed by atoms with van der Waals surface area (Å²) in [7, 11) is 0. The van der Waals surface area contributed by atoms with E-state index in [1.807, 2.05) is 36.4 Å². The summed E-state index contributed by atoms with van der Waals surface area (Å²) >= 11 is 4.29. The van der Waals surface area contributed by atoms with E-state index in [9.17, 15) is 0 Å².